The van der Waals surface area contributed by atoms with E-state index >= 15 is 0 Å². The summed E-state index contributed by atoms with van der Waals surface area (Å²) in [5.41, 5.74) is -1.62. The van der Waals surface area contributed by atoms with E-state index in [4.69, 9.17) is 4.74 Å². The van der Waals surface area contributed by atoms with E-state index in [9.17, 15) is 37.7 Å². The van der Waals surface area contributed by atoms with Crippen molar-refractivity contribution in [3.05, 3.63) is 69.0 Å². The molecule has 176 valence electrons. The lowest BCUT2D eigenvalue weighted by molar-refractivity contribution is -0.384. The van der Waals surface area contributed by atoms with Gasteiger partial charge in [0.2, 0.25) is 5.91 Å². The largest absolute Gasteiger partial charge is 0.462 e. The fourth-order valence-electron chi connectivity index (χ4n) is 2.86. The highest BCUT2D eigenvalue weighted by Crippen LogP contribution is 2.21. The van der Waals surface area contributed by atoms with Crippen molar-refractivity contribution in [3.8, 4) is 0 Å². The molecule has 2 rings (SSSR count). The summed E-state index contributed by atoms with van der Waals surface area (Å²) in [5.74, 6) is -7.41. The molecule has 9 nitrogen and oxygen atoms in total. The number of esters is 1. The summed E-state index contributed by atoms with van der Waals surface area (Å²) in [4.78, 5) is 48.8. The number of halogens is 3. The lowest BCUT2D eigenvalue weighted by Gasteiger charge is -2.22. The minimum atomic E-state index is -1.77. The SMILES string of the molecule is CCCN(CC(=O)Nc1ccc(F)c(F)c1F)C(=O)c1cc(C(=O)OCC)cc([N+](=O)[O-])c1. The average molecular weight is 467 g/mol. The van der Waals surface area contributed by atoms with Gasteiger partial charge in [-0.3, -0.25) is 19.7 Å². The van der Waals surface area contributed by atoms with E-state index < -0.39 is 58.1 Å². The number of nitrogens with zero attached hydrogens (tertiary/aromatic N) is 2. The van der Waals surface area contributed by atoms with Crippen LogP contribution < -0.4 is 5.32 Å². The monoisotopic (exact) mass is 467 g/mol. The van der Waals surface area contributed by atoms with Crippen molar-refractivity contribution in [1.82, 2.24) is 4.90 Å². The van der Waals surface area contributed by atoms with Crippen LogP contribution in [0.4, 0.5) is 24.5 Å². The van der Waals surface area contributed by atoms with Crippen LogP contribution in [-0.4, -0.2) is 47.3 Å². The van der Waals surface area contributed by atoms with E-state index in [0.29, 0.717) is 12.5 Å². The second kappa shape index (κ2) is 11.1. The van der Waals surface area contributed by atoms with Crippen molar-refractivity contribution in [3.63, 3.8) is 0 Å². The number of anilines is 1. The van der Waals surface area contributed by atoms with Gasteiger partial charge in [0.05, 0.1) is 22.8 Å². The Bertz CT molecular complexity index is 1090. The number of ether oxygens (including phenoxy) is 1. The van der Waals surface area contributed by atoms with E-state index in [1.54, 1.807) is 13.8 Å². The first-order chi connectivity index (χ1) is 15.6. The molecular formula is C21H20F3N3O6. The Morgan fingerprint density at radius 3 is 2.33 bits per heavy atom. The van der Waals surface area contributed by atoms with Crippen LogP contribution in [0.2, 0.25) is 0 Å². The average Bonchev–Trinajstić information content (AvgIpc) is 2.78. The van der Waals surface area contributed by atoms with Crippen molar-refractivity contribution in [2.75, 3.05) is 25.0 Å². The molecule has 0 aliphatic rings. The van der Waals surface area contributed by atoms with Crippen LogP contribution in [0.5, 0.6) is 0 Å². The van der Waals surface area contributed by atoms with Crippen LogP contribution in [0.15, 0.2) is 30.3 Å². The number of non-ortho nitro benzene ring substituents is 1. The molecule has 0 bridgehead atoms. The van der Waals surface area contributed by atoms with Gasteiger partial charge < -0.3 is 15.0 Å². The molecule has 2 aromatic rings. The molecule has 0 fully saturated rings. The molecule has 0 spiro atoms. The maximum Gasteiger partial charge on any atom is 0.338 e. The summed E-state index contributed by atoms with van der Waals surface area (Å²) in [6, 6.07) is 4.45. The van der Waals surface area contributed by atoms with Crippen molar-refractivity contribution in [2.24, 2.45) is 0 Å². The van der Waals surface area contributed by atoms with Gasteiger partial charge in [-0.2, -0.15) is 0 Å². The number of benzene rings is 2. The van der Waals surface area contributed by atoms with E-state index in [1.165, 1.54) is 0 Å². The summed E-state index contributed by atoms with van der Waals surface area (Å²) in [6.07, 6.45) is 0.387. The van der Waals surface area contributed by atoms with Gasteiger partial charge in [-0.15, -0.1) is 0 Å². The first kappa shape index (κ1) is 25.3. The van der Waals surface area contributed by atoms with Crippen LogP contribution >= 0.6 is 0 Å². The van der Waals surface area contributed by atoms with E-state index in [-0.39, 0.29) is 24.3 Å². The summed E-state index contributed by atoms with van der Waals surface area (Å²) in [7, 11) is 0. The maximum atomic E-state index is 13.8. The Labute approximate surface area is 186 Å². The predicted octanol–water partition coefficient (Wildman–Crippen LogP) is 3.68. The highest BCUT2D eigenvalue weighted by atomic mass is 19.2. The third-order valence-corrected chi connectivity index (χ3v) is 4.31. The number of hydrogen-bond donors (Lipinski definition) is 1. The zero-order valence-electron chi connectivity index (χ0n) is 17.7. The van der Waals surface area contributed by atoms with Gasteiger partial charge in [0.1, 0.15) is 6.54 Å². The van der Waals surface area contributed by atoms with E-state index in [2.05, 4.69) is 5.32 Å². The Morgan fingerprint density at radius 1 is 1.06 bits per heavy atom. The lowest BCUT2D eigenvalue weighted by Crippen LogP contribution is -2.38. The van der Waals surface area contributed by atoms with Crippen LogP contribution in [0, 0.1) is 27.6 Å². The number of amides is 2. The minimum Gasteiger partial charge on any atom is -0.462 e. The van der Waals surface area contributed by atoms with Crippen molar-refractivity contribution in [1.29, 1.82) is 0 Å². The van der Waals surface area contributed by atoms with Crippen molar-refractivity contribution >= 4 is 29.2 Å². The van der Waals surface area contributed by atoms with Crippen molar-refractivity contribution < 1.29 is 37.2 Å². The van der Waals surface area contributed by atoms with Gasteiger partial charge in [-0.05, 0) is 31.5 Å². The molecule has 0 saturated carbocycles. The Morgan fingerprint density at radius 2 is 1.73 bits per heavy atom. The molecule has 0 radical (unpaired) electrons. The highest BCUT2D eigenvalue weighted by molar-refractivity contribution is 6.01. The molecule has 0 aliphatic heterocycles. The fourth-order valence-corrected chi connectivity index (χ4v) is 2.86. The third kappa shape index (κ3) is 6.28. The number of carbonyl (C=O) groups excluding carboxylic acids is 3. The first-order valence-corrected chi connectivity index (χ1v) is 9.78. The molecule has 12 heteroatoms. The molecule has 33 heavy (non-hydrogen) atoms. The van der Waals surface area contributed by atoms with E-state index in [0.717, 1.165) is 29.2 Å². The van der Waals surface area contributed by atoms with Gasteiger partial charge in [-0.25, -0.2) is 18.0 Å². The zero-order chi connectivity index (χ0) is 24.7. The zero-order valence-corrected chi connectivity index (χ0v) is 17.7. The summed E-state index contributed by atoms with van der Waals surface area (Å²) >= 11 is 0. The number of carbonyl (C=O) groups is 3. The van der Waals surface area contributed by atoms with Gasteiger partial charge in [-0.1, -0.05) is 6.92 Å². The number of nitro benzene ring substituents is 1. The Balaban J connectivity index is 2.30. The summed E-state index contributed by atoms with van der Waals surface area (Å²) in [5, 5.41) is 13.3. The van der Waals surface area contributed by atoms with Gasteiger partial charge >= 0.3 is 5.97 Å². The molecular weight excluding hydrogens is 447 g/mol. The molecule has 0 saturated heterocycles. The molecule has 0 aliphatic carbocycles. The minimum absolute atomic E-state index is 0.00742. The molecule has 1 N–H and O–H groups in total. The summed E-state index contributed by atoms with van der Waals surface area (Å²) in [6.45, 7) is 2.66. The van der Waals surface area contributed by atoms with Crippen LogP contribution in [0.3, 0.4) is 0 Å². The second-order valence-corrected chi connectivity index (χ2v) is 6.74. The molecule has 2 amide bonds. The second-order valence-electron chi connectivity index (χ2n) is 6.74. The van der Waals surface area contributed by atoms with Crippen LogP contribution in [-0.2, 0) is 9.53 Å². The van der Waals surface area contributed by atoms with Crippen molar-refractivity contribution in [2.45, 2.75) is 20.3 Å². The smallest absolute Gasteiger partial charge is 0.338 e. The molecule has 0 unspecified atom stereocenters. The predicted molar refractivity (Wildman–Crippen MR) is 110 cm³/mol. The number of nitrogens with one attached hydrogen (secondary N) is 1. The molecule has 2 aromatic carbocycles. The Hall–Kier alpha value is -3.96. The number of hydrogen-bond acceptors (Lipinski definition) is 6. The highest BCUT2D eigenvalue weighted by Gasteiger charge is 2.24. The van der Waals surface area contributed by atoms with Gasteiger partial charge in [0.15, 0.2) is 17.5 Å². The maximum absolute atomic E-state index is 13.8. The van der Waals surface area contributed by atoms with Gasteiger partial charge in [0, 0.05) is 24.2 Å². The third-order valence-electron chi connectivity index (χ3n) is 4.31. The lowest BCUT2D eigenvalue weighted by atomic mass is 10.1. The quantitative estimate of drug-likeness (QED) is 0.260. The van der Waals surface area contributed by atoms with Crippen LogP contribution in [0.1, 0.15) is 41.0 Å². The molecule has 0 atom stereocenters. The Kier molecular flexibility index (Phi) is 8.49. The van der Waals surface area contributed by atoms with E-state index in [1.807, 2.05) is 0 Å². The standard InChI is InChI=1S/C21H20F3N3O6/c1-3-7-26(11-17(28)25-16-6-5-15(22)18(23)19(16)24)20(29)12-8-13(21(30)33-4-2)10-14(9-12)27(31)32/h5-6,8-10H,3-4,7,11H2,1-2H3,(H,25,28). The van der Waals surface area contributed by atoms with Crippen LogP contribution in [0.25, 0.3) is 0 Å². The summed E-state index contributed by atoms with van der Waals surface area (Å²) < 4.78 is 45.1. The first-order valence-electron chi connectivity index (χ1n) is 9.78. The number of rotatable bonds is 9. The molecule has 0 aromatic heterocycles. The number of nitro groups is 1. The topological polar surface area (TPSA) is 119 Å². The van der Waals surface area contributed by atoms with Gasteiger partial charge in [0.25, 0.3) is 11.6 Å². The molecule has 0 heterocycles. The normalized spacial score (nSPS) is 10.5. The fraction of sp³-hybridized carbons (Fsp3) is 0.286.